The molecule has 2 fully saturated rings. The van der Waals surface area contributed by atoms with Gasteiger partial charge in [0.15, 0.2) is 0 Å². The first kappa shape index (κ1) is 22.1. The lowest BCUT2D eigenvalue weighted by atomic mass is 10.0. The molecule has 0 bridgehead atoms. The highest BCUT2D eigenvalue weighted by molar-refractivity contribution is 7.89. The number of hydrogen-bond acceptors (Lipinski definition) is 5. The third-order valence-electron chi connectivity index (χ3n) is 6.30. The van der Waals surface area contributed by atoms with Crippen LogP contribution in [0.4, 0.5) is 5.69 Å². The van der Waals surface area contributed by atoms with Gasteiger partial charge >= 0.3 is 0 Å². The van der Waals surface area contributed by atoms with Crippen molar-refractivity contribution in [3.05, 3.63) is 58.6 Å². The number of hydrogen-bond donors (Lipinski definition) is 1. The number of sulfonamides is 1. The SMILES string of the molecule is Cc1ccc(NCCCN2CC3CN(S(=O)(=O)c4ccc(C#N)cc4)CC3C2)cc1Cl. The Morgan fingerprint density at radius 3 is 2.39 bits per heavy atom. The summed E-state index contributed by atoms with van der Waals surface area (Å²) in [6, 6.07) is 14.2. The molecule has 8 heteroatoms. The quantitative estimate of drug-likeness (QED) is 0.642. The number of anilines is 1. The molecule has 31 heavy (non-hydrogen) atoms. The van der Waals surface area contributed by atoms with E-state index < -0.39 is 10.0 Å². The molecule has 0 amide bonds. The van der Waals surface area contributed by atoms with Crippen LogP contribution in [0, 0.1) is 30.1 Å². The van der Waals surface area contributed by atoms with Crippen LogP contribution in [0.25, 0.3) is 0 Å². The van der Waals surface area contributed by atoms with Crippen molar-refractivity contribution >= 4 is 27.3 Å². The fourth-order valence-corrected chi connectivity index (χ4v) is 6.25. The zero-order valence-electron chi connectivity index (χ0n) is 17.6. The number of rotatable bonds is 7. The third-order valence-corrected chi connectivity index (χ3v) is 8.55. The summed E-state index contributed by atoms with van der Waals surface area (Å²) in [4.78, 5) is 2.72. The largest absolute Gasteiger partial charge is 0.385 e. The maximum atomic E-state index is 12.9. The van der Waals surface area contributed by atoms with Crippen molar-refractivity contribution in [2.24, 2.45) is 11.8 Å². The average Bonchev–Trinajstić information content (AvgIpc) is 3.33. The number of benzene rings is 2. The van der Waals surface area contributed by atoms with Gasteiger partial charge in [-0.3, -0.25) is 0 Å². The van der Waals surface area contributed by atoms with Gasteiger partial charge in [-0.05, 0) is 73.7 Å². The van der Waals surface area contributed by atoms with Gasteiger partial charge in [-0.15, -0.1) is 0 Å². The first-order valence-corrected chi connectivity index (χ1v) is 12.4. The average molecular weight is 459 g/mol. The number of fused-ring (bicyclic) bond motifs is 1. The van der Waals surface area contributed by atoms with Crippen molar-refractivity contribution < 1.29 is 8.42 Å². The predicted molar refractivity (Wildman–Crippen MR) is 123 cm³/mol. The lowest BCUT2D eigenvalue weighted by molar-refractivity contribution is 0.296. The van der Waals surface area contributed by atoms with E-state index in [1.165, 1.54) is 12.1 Å². The minimum atomic E-state index is -3.50. The summed E-state index contributed by atoms with van der Waals surface area (Å²) in [7, 11) is -3.50. The molecule has 2 unspecified atom stereocenters. The lowest BCUT2D eigenvalue weighted by Gasteiger charge is -2.21. The number of nitrogens with one attached hydrogen (secondary N) is 1. The molecule has 0 aromatic heterocycles. The first-order chi connectivity index (χ1) is 14.9. The van der Waals surface area contributed by atoms with Gasteiger partial charge in [0.1, 0.15) is 0 Å². The van der Waals surface area contributed by atoms with Crippen molar-refractivity contribution in [2.45, 2.75) is 18.2 Å². The molecular weight excluding hydrogens is 432 g/mol. The van der Waals surface area contributed by atoms with Crippen LogP contribution in [0.15, 0.2) is 47.4 Å². The van der Waals surface area contributed by atoms with Gasteiger partial charge in [-0.1, -0.05) is 17.7 Å². The molecule has 2 aromatic rings. The molecule has 164 valence electrons. The molecular formula is C23H27ClN4O2S. The second-order valence-corrected chi connectivity index (χ2v) is 10.8. The number of nitrogens with zero attached hydrogens (tertiary/aromatic N) is 3. The van der Waals surface area contributed by atoms with Crippen LogP contribution in [0.3, 0.4) is 0 Å². The second-order valence-electron chi connectivity index (χ2n) is 8.48. The molecule has 1 N–H and O–H groups in total. The molecule has 0 saturated carbocycles. The molecule has 4 rings (SSSR count). The molecule has 2 heterocycles. The van der Waals surface area contributed by atoms with Crippen LogP contribution >= 0.6 is 11.6 Å². The van der Waals surface area contributed by atoms with Gasteiger partial charge in [-0.25, -0.2) is 8.42 Å². The summed E-state index contributed by atoms with van der Waals surface area (Å²) in [5.41, 5.74) is 2.58. The van der Waals surface area contributed by atoms with E-state index in [-0.39, 0.29) is 4.90 Å². The number of halogens is 1. The minimum absolute atomic E-state index is 0.269. The normalized spacial score (nSPS) is 21.7. The molecule has 6 nitrogen and oxygen atoms in total. The molecule has 2 aromatic carbocycles. The molecule has 2 saturated heterocycles. The van der Waals surface area contributed by atoms with Crippen molar-refractivity contribution in [1.29, 1.82) is 5.26 Å². The van der Waals surface area contributed by atoms with E-state index in [2.05, 4.69) is 10.2 Å². The summed E-state index contributed by atoms with van der Waals surface area (Å²) in [6.07, 6.45) is 1.03. The fraction of sp³-hybridized carbons (Fsp3) is 0.435. The van der Waals surface area contributed by atoms with Crippen LogP contribution in [-0.2, 0) is 10.0 Å². The van der Waals surface area contributed by atoms with E-state index >= 15 is 0 Å². The Morgan fingerprint density at radius 2 is 1.77 bits per heavy atom. The summed E-state index contributed by atoms with van der Waals surface area (Å²) >= 11 is 6.17. The molecule has 0 aliphatic carbocycles. The van der Waals surface area contributed by atoms with E-state index in [0.29, 0.717) is 30.5 Å². The minimum Gasteiger partial charge on any atom is -0.385 e. The van der Waals surface area contributed by atoms with Crippen LogP contribution in [0.1, 0.15) is 17.5 Å². The van der Waals surface area contributed by atoms with Gasteiger partial charge in [0.25, 0.3) is 0 Å². The summed E-state index contributed by atoms with van der Waals surface area (Å²) < 4.78 is 27.5. The van der Waals surface area contributed by atoms with Crippen molar-refractivity contribution in [2.75, 3.05) is 44.6 Å². The first-order valence-electron chi connectivity index (χ1n) is 10.6. The van der Waals surface area contributed by atoms with E-state index in [0.717, 1.165) is 48.9 Å². The third kappa shape index (κ3) is 4.88. The summed E-state index contributed by atoms with van der Waals surface area (Å²) in [5.74, 6) is 0.772. The molecule has 0 radical (unpaired) electrons. The van der Waals surface area contributed by atoms with Crippen LogP contribution < -0.4 is 5.32 Å². The summed E-state index contributed by atoms with van der Waals surface area (Å²) in [5, 5.41) is 13.1. The Hall–Kier alpha value is -2.11. The van der Waals surface area contributed by atoms with Gasteiger partial charge in [0.05, 0.1) is 16.5 Å². The Kier molecular flexibility index (Phi) is 6.54. The van der Waals surface area contributed by atoms with E-state index in [1.54, 1.807) is 16.4 Å². The van der Waals surface area contributed by atoms with Crippen LogP contribution in [-0.4, -0.2) is 56.9 Å². The van der Waals surface area contributed by atoms with Crippen LogP contribution in [0.2, 0.25) is 5.02 Å². The van der Waals surface area contributed by atoms with E-state index in [1.807, 2.05) is 31.2 Å². The van der Waals surface area contributed by atoms with E-state index in [4.69, 9.17) is 16.9 Å². The van der Waals surface area contributed by atoms with Gasteiger partial charge in [0, 0.05) is 43.4 Å². The Morgan fingerprint density at radius 1 is 1.10 bits per heavy atom. The zero-order chi connectivity index (χ0) is 22.0. The molecule has 2 aliphatic rings. The predicted octanol–water partition coefficient (Wildman–Crippen LogP) is 3.57. The maximum Gasteiger partial charge on any atom is 0.243 e. The highest BCUT2D eigenvalue weighted by Crippen LogP contribution is 2.34. The van der Waals surface area contributed by atoms with Gasteiger partial charge in [0.2, 0.25) is 10.0 Å². The van der Waals surface area contributed by atoms with Gasteiger partial charge in [-0.2, -0.15) is 9.57 Å². The Labute approximate surface area is 189 Å². The Balaban J connectivity index is 1.24. The Bertz CT molecular complexity index is 1070. The molecule has 0 spiro atoms. The number of aryl methyl sites for hydroxylation is 1. The van der Waals surface area contributed by atoms with Crippen LogP contribution in [0.5, 0.6) is 0 Å². The fourth-order valence-electron chi connectivity index (χ4n) is 4.51. The number of nitriles is 1. The van der Waals surface area contributed by atoms with Crippen molar-refractivity contribution in [1.82, 2.24) is 9.21 Å². The highest BCUT2D eigenvalue weighted by atomic mass is 35.5. The van der Waals surface area contributed by atoms with Gasteiger partial charge < -0.3 is 10.2 Å². The monoisotopic (exact) mass is 458 g/mol. The zero-order valence-corrected chi connectivity index (χ0v) is 19.2. The lowest BCUT2D eigenvalue weighted by Crippen LogP contribution is -2.33. The van der Waals surface area contributed by atoms with Crippen molar-refractivity contribution in [3.63, 3.8) is 0 Å². The smallest absolute Gasteiger partial charge is 0.243 e. The maximum absolute atomic E-state index is 12.9. The standard InChI is InChI=1S/C23H27ClN4O2S/c1-17-3-6-21(11-23(17)24)26-9-2-10-27-13-19-15-28(16-20(19)14-27)31(29,30)22-7-4-18(12-25)5-8-22/h3-8,11,19-20,26H,2,9-10,13-16H2,1H3. The summed E-state index contributed by atoms with van der Waals surface area (Å²) in [6.45, 7) is 6.91. The molecule has 2 aliphatic heterocycles. The second kappa shape index (κ2) is 9.17. The molecule has 2 atom stereocenters. The number of likely N-dealkylation sites (tertiary alicyclic amines) is 1. The van der Waals surface area contributed by atoms with Crippen molar-refractivity contribution in [3.8, 4) is 6.07 Å². The highest BCUT2D eigenvalue weighted by Gasteiger charge is 2.43. The van der Waals surface area contributed by atoms with E-state index in [9.17, 15) is 8.42 Å². The topological polar surface area (TPSA) is 76.4 Å².